The molecule has 4 heteroatoms. The normalized spacial score (nSPS) is 12.0. The standard InChI is InChI=1S/C16H26N2O2/c1-5-18(14-9-7-13(3)8-10-14)12-11-15(17-4)16(19)20-6-2/h7-10,15,17H,5-6,11-12H2,1-4H3. The summed E-state index contributed by atoms with van der Waals surface area (Å²) in [6.07, 6.45) is 0.733. The number of anilines is 1. The average Bonchev–Trinajstić information content (AvgIpc) is 2.45. The number of carbonyl (C=O) groups excluding carboxylic acids is 1. The summed E-state index contributed by atoms with van der Waals surface area (Å²) in [6.45, 7) is 8.20. The third kappa shape index (κ3) is 4.85. The molecule has 0 aliphatic heterocycles. The summed E-state index contributed by atoms with van der Waals surface area (Å²) < 4.78 is 5.06. The van der Waals surface area contributed by atoms with Crippen molar-refractivity contribution in [3.05, 3.63) is 29.8 Å². The van der Waals surface area contributed by atoms with Gasteiger partial charge in [-0.3, -0.25) is 4.79 Å². The summed E-state index contributed by atoms with van der Waals surface area (Å²) in [5, 5.41) is 3.03. The molecule has 1 unspecified atom stereocenters. The van der Waals surface area contributed by atoms with Crippen LogP contribution in [0.1, 0.15) is 25.8 Å². The molecule has 0 aromatic heterocycles. The van der Waals surface area contributed by atoms with Gasteiger partial charge in [0.15, 0.2) is 0 Å². The Hall–Kier alpha value is -1.55. The number of carbonyl (C=O) groups is 1. The van der Waals surface area contributed by atoms with Crippen LogP contribution in [0, 0.1) is 6.92 Å². The first-order valence-corrected chi connectivity index (χ1v) is 7.27. The topological polar surface area (TPSA) is 41.6 Å². The largest absolute Gasteiger partial charge is 0.465 e. The fraction of sp³-hybridized carbons (Fsp3) is 0.562. The number of hydrogen-bond acceptors (Lipinski definition) is 4. The van der Waals surface area contributed by atoms with Crippen molar-refractivity contribution in [1.29, 1.82) is 0 Å². The van der Waals surface area contributed by atoms with Gasteiger partial charge in [-0.15, -0.1) is 0 Å². The summed E-state index contributed by atoms with van der Waals surface area (Å²) in [4.78, 5) is 14.0. The Morgan fingerprint density at radius 1 is 1.30 bits per heavy atom. The van der Waals surface area contributed by atoms with E-state index in [1.807, 2.05) is 6.92 Å². The Labute approximate surface area is 122 Å². The molecule has 0 heterocycles. The van der Waals surface area contributed by atoms with E-state index in [1.54, 1.807) is 7.05 Å². The van der Waals surface area contributed by atoms with Crippen molar-refractivity contribution in [2.45, 2.75) is 33.2 Å². The maximum absolute atomic E-state index is 11.8. The summed E-state index contributed by atoms with van der Waals surface area (Å²) in [5.41, 5.74) is 2.45. The highest BCUT2D eigenvalue weighted by molar-refractivity contribution is 5.75. The molecular weight excluding hydrogens is 252 g/mol. The number of likely N-dealkylation sites (N-methyl/N-ethyl adjacent to an activating group) is 1. The lowest BCUT2D eigenvalue weighted by Gasteiger charge is -2.25. The Balaban J connectivity index is 2.59. The van der Waals surface area contributed by atoms with Crippen LogP contribution in [0.25, 0.3) is 0 Å². The zero-order chi connectivity index (χ0) is 15.0. The van der Waals surface area contributed by atoms with Gasteiger partial charge in [-0.25, -0.2) is 0 Å². The van der Waals surface area contributed by atoms with Crippen molar-refractivity contribution in [2.75, 3.05) is 31.6 Å². The second-order valence-electron chi connectivity index (χ2n) is 4.80. The molecule has 1 rings (SSSR count). The summed E-state index contributed by atoms with van der Waals surface area (Å²) in [7, 11) is 1.80. The molecular formula is C16H26N2O2. The zero-order valence-corrected chi connectivity index (χ0v) is 13.0. The van der Waals surface area contributed by atoms with E-state index in [2.05, 4.69) is 48.3 Å². The van der Waals surface area contributed by atoms with E-state index in [4.69, 9.17) is 4.74 Å². The van der Waals surface area contributed by atoms with E-state index < -0.39 is 0 Å². The molecule has 0 bridgehead atoms. The Morgan fingerprint density at radius 3 is 2.45 bits per heavy atom. The van der Waals surface area contributed by atoms with Gasteiger partial charge in [-0.2, -0.15) is 0 Å². The predicted octanol–water partition coefficient (Wildman–Crippen LogP) is 2.36. The maximum Gasteiger partial charge on any atom is 0.323 e. The van der Waals surface area contributed by atoms with E-state index >= 15 is 0 Å². The molecule has 4 nitrogen and oxygen atoms in total. The van der Waals surface area contributed by atoms with Gasteiger partial charge in [-0.1, -0.05) is 17.7 Å². The highest BCUT2D eigenvalue weighted by Crippen LogP contribution is 2.15. The minimum Gasteiger partial charge on any atom is -0.465 e. The summed E-state index contributed by atoms with van der Waals surface area (Å²) >= 11 is 0. The van der Waals surface area contributed by atoms with Crippen molar-refractivity contribution >= 4 is 11.7 Å². The minimum atomic E-state index is -0.241. The van der Waals surface area contributed by atoms with E-state index in [-0.39, 0.29) is 12.0 Å². The van der Waals surface area contributed by atoms with Crippen molar-refractivity contribution in [1.82, 2.24) is 5.32 Å². The van der Waals surface area contributed by atoms with Gasteiger partial charge < -0.3 is 15.0 Å². The molecule has 1 aromatic carbocycles. The number of ether oxygens (including phenoxy) is 1. The number of esters is 1. The molecule has 20 heavy (non-hydrogen) atoms. The van der Waals surface area contributed by atoms with Crippen LogP contribution in [0.3, 0.4) is 0 Å². The maximum atomic E-state index is 11.8. The van der Waals surface area contributed by atoms with Gasteiger partial charge in [0.05, 0.1) is 6.61 Å². The molecule has 0 saturated heterocycles. The van der Waals surface area contributed by atoms with Gasteiger partial charge in [0.25, 0.3) is 0 Å². The monoisotopic (exact) mass is 278 g/mol. The number of aryl methyl sites for hydroxylation is 1. The lowest BCUT2D eigenvalue weighted by atomic mass is 10.1. The van der Waals surface area contributed by atoms with Gasteiger partial charge in [0, 0.05) is 18.8 Å². The van der Waals surface area contributed by atoms with E-state index in [0.717, 1.165) is 19.5 Å². The summed E-state index contributed by atoms with van der Waals surface area (Å²) in [6, 6.07) is 8.22. The average molecular weight is 278 g/mol. The molecule has 0 amide bonds. The van der Waals surface area contributed by atoms with Crippen LogP contribution < -0.4 is 10.2 Å². The lowest BCUT2D eigenvalue weighted by molar-refractivity contribution is -0.145. The van der Waals surface area contributed by atoms with Crippen molar-refractivity contribution in [3.8, 4) is 0 Å². The zero-order valence-electron chi connectivity index (χ0n) is 13.0. The third-order valence-corrected chi connectivity index (χ3v) is 3.39. The first-order chi connectivity index (χ1) is 9.62. The van der Waals surface area contributed by atoms with Crippen LogP contribution in [-0.4, -0.2) is 38.8 Å². The second-order valence-corrected chi connectivity index (χ2v) is 4.80. The molecule has 0 saturated carbocycles. The Bertz CT molecular complexity index is 403. The predicted molar refractivity (Wildman–Crippen MR) is 83.2 cm³/mol. The quantitative estimate of drug-likeness (QED) is 0.741. The molecule has 0 fully saturated rings. The molecule has 1 N–H and O–H groups in total. The van der Waals surface area contributed by atoms with E-state index in [0.29, 0.717) is 6.61 Å². The second kappa shape index (κ2) is 8.59. The number of nitrogens with one attached hydrogen (secondary N) is 1. The molecule has 0 aliphatic carbocycles. The molecule has 1 atom stereocenters. The van der Waals surface area contributed by atoms with Crippen LogP contribution in [0.2, 0.25) is 0 Å². The molecule has 112 valence electrons. The summed E-state index contributed by atoms with van der Waals surface area (Å²) in [5.74, 6) is -0.171. The SMILES string of the molecule is CCOC(=O)C(CCN(CC)c1ccc(C)cc1)NC. The molecule has 0 radical (unpaired) electrons. The number of rotatable bonds is 8. The highest BCUT2D eigenvalue weighted by Gasteiger charge is 2.18. The highest BCUT2D eigenvalue weighted by atomic mass is 16.5. The molecule has 1 aromatic rings. The van der Waals surface area contributed by atoms with Crippen molar-refractivity contribution in [2.24, 2.45) is 0 Å². The number of hydrogen-bond donors (Lipinski definition) is 1. The van der Waals surface area contributed by atoms with Crippen LogP contribution >= 0.6 is 0 Å². The first-order valence-electron chi connectivity index (χ1n) is 7.27. The van der Waals surface area contributed by atoms with E-state index in [1.165, 1.54) is 11.3 Å². The van der Waals surface area contributed by atoms with Gasteiger partial charge >= 0.3 is 5.97 Å². The number of benzene rings is 1. The van der Waals surface area contributed by atoms with Crippen molar-refractivity contribution in [3.63, 3.8) is 0 Å². The lowest BCUT2D eigenvalue weighted by Crippen LogP contribution is -2.39. The van der Waals surface area contributed by atoms with Crippen LogP contribution in [0.4, 0.5) is 5.69 Å². The third-order valence-electron chi connectivity index (χ3n) is 3.39. The Morgan fingerprint density at radius 2 is 1.95 bits per heavy atom. The van der Waals surface area contributed by atoms with E-state index in [9.17, 15) is 4.79 Å². The van der Waals surface area contributed by atoms with Gasteiger partial charge in [0.1, 0.15) is 6.04 Å². The fourth-order valence-corrected chi connectivity index (χ4v) is 2.13. The fourth-order valence-electron chi connectivity index (χ4n) is 2.13. The smallest absolute Gasteiger partial charge is 0.323 e. The number of nitrogens with zero attached hydrogens (tertiary/aromatic N) is 1. The molecule has 0 spiro atoms. The minimum absolute atomic E-state index is 0.171. The van der Waals surface area contributed by atoms with Crippen LogP contribution in [-0.2, 0) is 9.53 Å². The van der Waals surface area contributed by atoms with Gasteiger partial charge in [0.2, 0.25) is 0 Å². The first kappa shape index (κ1) is 16.5. The van der Waals surface area contributed by atoms with Gasteiger partial charge in [-0.05, 0) is 46.4 Å². The van der Waals surface area contributed by atoms with Crippen LogP contribution in [0.5, 0.6) is 0 Å². The van der Waals surface area contributed by atoms with Crippen LogP contribution in [0.15, 0.2) is 24.3 Å². The van der Waals surface area contributed by atoms with Crippen molar-refractivity contribution < 1.29 is 9.53 Å². The Kier molecular flexibility index (Phi) is 7.09. The molecule has 0 aliphatic rings.